The molecule has 0 nitrogen and oxygen atoms in total. The lowest BCUT2D eigenvalue weighted by atomic mass is 9.96. The van der Waals surface area contributed by atoms with Gasteiger partial charge in [0.15, 0.2) is 0 Å². The largest absolute Gasteiger partial charge is 0.0984 e. The molecule has 0 bridgehead atoms. The summed E-state index contributed by atoms with van der Waals surface area (Å²) in [5, 5.41) is 0. The van der Waals surface area contributed by atoms with Crippen molar-refractivity contribution in [1.29, 1.82) is 0 Å². The van der Waals surface area contributed by atoms with Crippen molar-refractivity contribution in [2.45, 2.75) is 52.9 Å². The molecule has 1 atom stereocenters. The molecule has 0 amide bonds. The van der Waals surface area contributed by atoms with E-state index in [-0.39, 0.29) is 0 Å². The third kappa shape index (κ3) is 6.05. The van der Waals surface area contributed by atoms with Crippen LogP contribution in [0.5, 0.6) is 0 Å². The van der Waals surface area contributed by atoms with E-state index in [2.05, 4.69) is 71.4 Å². The predicted molar refractivity (Wildman–Crippen MR) is 115 cm³/mol. The van der Waals surface area contributed by atoms with Crippen molar-refractivity contribution in [2.24, 2.45) is 5.92 Å². The highest BCUT2D eigenvalue weighted by Gasteiger charge is 2.17. The van der Waals surface area contributed by atoms with Crippen LogP contribution in [0.15, 0.2) is 96.2 Å². The summed E-state index contributed by atoms with van der Waals surface area (Å²) in [6, 6.07) is 0. The zero-order valence-corrected chi connectivity index (χ0v) is 16.4. The first-order chi connectivity index (χ1) is 12.0. The Kier molecular flexibility index (Phi) is 8.99. The van der Waals surface area contributed by atoms with Gasteiger partial charge in [0.1, 0.15) is 0 Å². The Hall–Kier alpha value is -2.08. The lowest BCUT2D eigenvalue weighted by molar-refractivity contribution is 0.614. The normalized spacial score (nSPS) is 16.1. The van der Waals surface area contributed by atoms with Crippen LogP contribution in [0.25, 0.3) is 0 Å². The fourth-order valence-corrected chi connectivity index (χ4v) is 3.13. The molecule has 1 rings (SSSR count). The highest BCUT2D eigenvalue weighted by atomic mass is 14.2. The Morgan fingerprint density at radius 3 is 2.00 bits per heavy atom. The van der Waals surface area contributed by atoms with Crippen molar-refractivity contribution < 1.29 is 0 Å². The first kappa shape index (κ1) is 21.0. The summed E-state index contributed by atoms with van der Waals surface area (Å²) in [4.78, 5) is 0. The molecule has 0 radical (unpaired) electrons. The predicted octanol–water partition coefficient (Wildman–Crippen LogP) is 7.82. The second-order valence-electron chi connectivity index (χ2n) is 6.80. The summed E-state index contributed by atoms with van der Waals surface area (Å²) in [6.45, 7) is 23.0. The van der Waals surface area contributed by atoms with E-state index in [1.807, 2.05) is 12.2 Å². The molecule has 0 N–H and O–H groups in total. The minimum Gasteiger partial charge on any atom is -0.0984 e. The topological polar surface area (TPSA) is 0 Å². The third-order valence-corrected chi connectivity index (χ3v) is 4.72. The van der Waals surface area contributed by atoms with E-state index in [0.29, 0.717) is 5.92 Å². The Bertz CT molecular complexity index is 644. The van der Waals surface area contributed by atoms with Gasteiger partial charge >= 0.3 is 0 Å². The van der Waals surface area contributed by atoms with E-state index in [0.717, 1.165) is 19.3 Å². The molecule has 0 aromatic rings. The molecule has 0 spiro atoms. The summed E-state index contributed by atoms with van der Waals surface area (Å²) in [6.07, 6.45) is 18.0. The molecule has 0 aromatic carbocycles. The van der Waals surface area contributed by atoms with Crippen LogP contribution >= 0.6 is 0 Å². The average Bonchev–Trinajstić information content (AvgIpc) is 2.94. The highest BCUT2D eigenvalue weighted by Crippen LogP contribution is 2.36. The summed E-state index contributed by atoms with van der Waals surface area (Å²) in [7, 11) is 0. The molecule has 1 aliphatic carbocycles. The lowest BCUT2D eigenvalue weighted by Crippen LogP contribution is -1.95. The average molecular weight is 335 g/mol. The zero-order chi connectivity index (χ0) is 18.8. The Balaban J connectivity index is 2.97. The van der Waals surface area contributed by atoms with Gasteiger partial charge < -0.3 is 0 Å². The Labute approximate surface area is 155 Å². The minimum absolute atomic E-state index is 0.527. The third-order valence-electron chi connectivity index (χ3n) is 4.72. The quantitative estimate of drug-likeness (QED) is 0.338. The molecule has 0 heterocycles. The van der Waals surface area contributed by atoms with Crippen molar-refractivity contribution in [3.63, 3.8) is 0 Å². The van der Waals surface area contributed by atoms with Gasteiger partial charge in [-0.25, -0.2) is 0 Å². The number of hydrogen-bond donors (Lipinski definition) is 0. The number of allylic oxidation sites excluding steroid dienone is 12. The number of hydrogen-bond acceptors (Lipinski definition) is 0. The standard InChI is InChI=1S/C25H34/c1-8-12-19(5)14-16-22-18-23(25(11-4)24(22)10-3)17-15-21(7)20(6)13-9-2/h10-11,14-17,20H,3-5,7-9,12-13,18H2,1-2,6H3/b16-14-,17-15-. The second kappa shape index (κ2) is 10.7. The molecule has 0 heteroatoms. The molecular weight excluding hydrogens is 300 g/mol. The Morgan fingerprint density at radius 2 is 1.52 bits per heavy atom. The van der Waals surface area contributed by atoms with Crippen molar-refractivity contribution in [1.82, 2.24) is 0 Å². The van der Waals surface area contributed by atoms with Gasteiger partial charge in [0, 0.05) is 0 Å². The molecule has 0 saturated carbocycles. The van der Waals surface area contributed by atoms with Crippen LogP contribution in [0.4, 0.5) is 0 Å². The summed E-state index contributed by atoms with van der Waals surface area (Å²) < 4.78 is 0. The maximum atomic E-state index is 4.23. The molecule has 25 heavy (non-hydrogen) atoms. The van der Waals surface area contributed by atoms with Gasteiger partial charge in [0.2, 0.25) is 0 Å². The van der Waals surface area contributed by atoms with Crippen LogP contribution in [0.2, 0.25) is 0 Å². The van der Waals surface area contributed by atoms with Crippen molar-refractivity contribution >= 4 is 0 Å². The monoisotopic (exact) mass is 334 g/mol. The highest BCUT2D eigenvalue weighted by molar-refractivity contribution is 5.62. The van der Waals surface area contributed by atoms with Gasteiger partial charge in [-0.2, -0.15) is 0 Å². The SMILES string of the molecule is C=CC1=C(/C=C\C(=C)CCC)CC(/C=C\C(=C)C(C)CCC)=C1C=C. The van der Waals surface area contributed by atoms with Crippen molar-refractivity contribution in [3.05, 3.63) is 96.2 Å². The van der Waals surface area contributed by atoms with Crippen LogP contribution in [0.3, 0.4) is 0 Å². The maximum Gasteiger partial charge on any atom is -0.00135 e. The second-order valence-corrected chi connectivity index (χ2v) is 6.80. The van der Waals surface area contributed by atoms with E-state index in [4.69, 9.17) is 0 Å². The van der Waals surface area contributed by atoms with Crippen molar-refractivity contribution in [3.8, 4) is 0 Å². The fourth-order valence-electron chi connectivity index (χ4n) is 3.13. The van der Waals surface area contributed by atoms with Crippen molar-refractivity contribution in [2.75, 3.05) is 0 Å². The van der Waals surface area contributed by atoms with Gasteiger partial charge in [-0.3, -0.25) is 0 Å². The van der Waals surface area contributed by atoms with Gasteiger partial charge in [0.25, 0.3) is 0 Å². The van der Waals surface area contributed by atoms with Crippen LogP contribution in [-0.4, -0.2) is 0 Å². The smallest absolute Gasteiger partial charge is 0.00135 e. The van der Waals surface area contributed by atoms with E-state index < -0.39 is 0 Å². The summed E-state index contributed by atoms with van der Waals surface area (Å²) >= 11 is 0. The molecular formula is C25H34. The minimum atomic E-state index is 0.527. The van der Waals surface area contributed by atoms with Crippen LogP contribution in [0.1, 0.15) is 52.9 Å². The molecule has 0 fully saturated rings. The van der Waals surface area contributed by atoms with Crippen LogP contribution < -0.4 is 0 Å². The van der Waals surface area contributed by atoms with Gasteiger partial charge in [0.05, 0.1) is 0 Å². The molecule has 0 saturated heterocycles. The van der Waals surface area contributed by atoms with E-state index in [9.17, 15) is 0 Å². The molecule has 0 aromatic heterocycles. The Morgan fingerprint density at radius 1 is 0.960 bits per heavy atom. The van der Waals surface area contributed by atoms with Gasteiger partial charge in [-0.1, -0.05) is 108 Å². The number of rotatable bonds is 11. The molecule has 134 valence electrons. The molecule has 1 aliphatic rings. The fraction of sp³-hybridized carbons (Fsp3) is 0.360. The lowest BCUT2D eigenvalue weighted by Gasteiger charge is -2.09. The van der Waals surface area contributed by atoms with Crippen LogP contribution in [0, 0.1) is 5.92 Å². The summed E-state index contributed by atoms with van der Waals surface area (Å²) in [5.41, 5.74) is 7.30. The van der Waals surface area contributed by atoms with Gasteiger partial charge in [-0.05, 0) is 47.5 Å². The van der Waals surface area contributed by atoms with E-state index in [1.165, 1.54) is 46.3 Å². The van der Waals surface area contributed by atoms with Gasteiger partial charge in [-0.15, -0.1) is 0 Å². The maximum absolute atomic E-state index is 4.23. The van der Waals surface area contributed by atoms with E-state index in [1.54, 1.807) is 0 Å². The first-order valence-electron chi connectivity index (χ1n) is 9.42. The molecule has 0 aliphatic heterocycles. The molecule has 1 unspecified atom stereocenters. The zero-order valence-electron chi connectivity index (χ0n) is 16.4. The summed E-state index contributed by atoms with van der Waals surface area (Å²) in [5.74, 6) is 0.527. The first-order valence-corrected chi connectivity index (χ1v) is 9.42. The van der Waals surface area contributed by atoms with Crippen LogP contribution in [-0.2, 0) is 0 Å². The van der Waals surface area contributed by atoms with E-state index >= 15 is 0 Å².